The quantitative estimate of drug-likeness (QED) is 0.231. The van der Waals surface area contributed by atoms with Crippen LogP contribution in [0.5, 0.6) is 0 Å². The second-order valence-electron chi connectivity index (χ2n) is 7.84. The van der Waals surface area contributed by atoms with Crippen molar-refractivity contribution in [1.29, 1.82) is 0 Å². The SMILES string of the molecule is CCCCCCCCCCCCCCCCN(CCNCC(=O)O)CC(=O)O. The molecule has 0 spiro atoms. The van der Waals surface area contributed by atoms with Crippen LogP contribution >= 0.6 is 0 Å². The van der Waals surface area contributed by atoms with E-state index >= 15 is 0 Å². The summed E-state index contributed by atoms with van der Waals surface area (Å²) in [7, 11) is 0. The first-order valence-corrected chi connectivity index (χ1v) is 11.4. The molecule has 0 aliphatic carbocycles. The molecule has 0 rings (SSSR count). The summed E-state index contributed by atoms with van der Waals surface area (Å²) in [5, 5.41) is 20.4. The van der Waals surface area contributed by atoms with Crippen LogP contribution in [0.15, 0.2) is 0 Å². The number of nitrogens with one attached hydrogen (secondary N) is 1. The fraction of sp³-hybridized carbons (Fsp3) is 0.909. The summed E-state index contributed by atoms with van der Waals surface area (Å²) in [4.78, 5) is 23.3. The van der Waals surface area contributed by atoms with Gasteiger partial charge in [0.1, 0.15) is 0 Å². The van der Waals surface area contributed by atoms with Gasteiger partial charge >= 0.3 is 11.9 Å². The average Bonchev–Trinajstić information content (AvgIpc) is 2.64. The Morgan fingerprint density at radius 2 is 1.14 bits per heavy atom. The molecule has 0 aromatic heterocycles. The van der Waals surface area contributed by atoms with Gasteiger partial charge in [0.25, 0.3) is 0 Å². The molecular formula is C22H44N2O4. The number of nitrogens with zero attached hydrogens (tertiary/aromatic N) is 1. The molecule has 6 nitrogen and oxygen atoms in total. The van der Waals surface area contributed by atoms with E-state index in [-0.39, 0.29) is 13.1 Å². The van der Waals surface area contributed by atoms with Crippen molar-refractivity contribution in [2.24, 2.45) is 0 Å². The van der Waals surface area contributed by atoms with E-state index in [0.717, 1.165) is 19.4 Å². The molecule has 3 N–H and O–H groups in total. The van der Waals surface area contributed by atoms with Gasteiger partial charge in [0.05, 0.1) is 13.1 Å². The highest BCUT2D eigenvalue weighted by Gasteiger charge is 2.09. The number of carboxylic acids is 2. The van der Waals surface area contributed by atoms with E-state index in [1.54, 1.807) is 0 Å². The highest BCUT2D eigenvalue weighted by molar-refractivity contribution is 5.69. The molecule has 0 aromatic carbocycles. The molecule has 0 unspecified atom stereocenters. The summed E-state index contributed by atoms with van der Waals surface area (Å²) in [6.07, 6.45) is 18.3. The second-order valence-corrected chi connectivity index (χ2v) is 7.84. The number of rotatable bonds is 22. The van der Waals surface area contributed by atoms with Crippen LogP contribution in [-0.2, 0) is 9.59 Å². The minimum Gasteiger partial charge on any atom is -0.480 e. The van der Waals surface area contributed by atoms with Crippen molar-refractivity contribution in [2.75, 3.05) is 32.7 Å². The Labute approximate surface area is 172 Å². The molecule has 0 saturated carbocycles. The lowest BCUT2D eigenvalue weighted by atomic mass is 10.0. The third kappa shape index (κ3) is 21.2. The molecule has 0 aromatic rings. The van der Waals surface area contributed by atoms with E-state index in [1.807, 2.05) is 4.90 Å². The maximum atomic E-state index is 10.9. The van der Waals surface area contributed by atoms with Crippen molar-refractivity contribution in [3.63, 3.8) is 0 Å². The predicted molar refractivity (Wildman–Crippen MR) is 115 cm³/mol. The van der Waals surface area contributed by atoms with E-state index in [9.17, 15) is 9.59 Å². The molecule has 0 atom stereocenters. The van der Waals surface area contributed by atoms with Crippen LogP contribution in [-0.4, -0.2) is 59.8 Å². The Morgan fingerprint density at radius 3 is 1.57 bits per heavy atom. The molecular weight excluding hydrogens is 356 g/mol. The third-order valence-corrected chi connectivity index (χ3v) is 5.07. The Hall–Kier alpha value is -1.14. The number of hydrogen-bond donors (Lipinski definition) is 3. The van der Waals surface area contributed by atoms with Crippen molar-refractivity contribution in [3.05, 3.63) is 0 Å². The maximum absolute atomic E-state index is 10.9. The Balaban J connectivity index is 3.48. The van der Waals surface area contributed by atoms with Gasteiger partial charge in [-0.05, 0) is 13.0 Å². The van der Waals surface area contributed by atoms with E-state index in [0.29, 0.717) is 13.1 Å². The van der Waals surface area contributed by atoms with Crippen molar-refractivity contribution in [1.82, 2.24) is 10.2 Å². The van der Waals surface area contributed by atoms with Gasteiger partial charge in [-0.1, -0.05) is 90.4 Å². The first kappa shape index (κ1) is 26.9. The summed E-state index contributed by atoms with van der Waals surface area (Å²) in [6.45, 7) is 4.02. The smallest absolute Gasteiger partial charge is 0.317 e. The summed E-state index contributed by atoms with van der Waals surface area (Å²) in [6, 6.07) is 0. The lowest BCUT2D eigenvalue weighted by molar-refractivity contribution is -0.139. The fourth-order valence-electron chi connectivity index (χ4n) is 3.42. The molecule has 0 radical (unpaired) electrons. The zero-order chi connectivity index (χ0) is 20.9. The lowest BCUT2D eigenvalue weighted by Crippen LogP contribution is -2.37. The highest BCUT2D eigenvalue weighted by atomic mass is 16.4. The zero-order valence-electron chi connectivity index (χ0n) is 18.1. The topological polar surface area (TPSA) is 89.9 Å². The van der Waals surface area contributed by atoms with Crippen LogP contribution in [0.4, 0.5) is 0 Å². The van der Waals surface area contributed by atoms with Gasteiger partial charge in [-0.2, -0.15) is 0 Å². The van der Waals surface area contributed by atoms with Gasteiger partial charge in [-0.25, -0.2) is 0 Å². The maximum Gasteiger partial charge on any atom is 0.317 e. The van der Waals surface area contributed by atoms with E-state index in [1.165, 1.54) is 77.0 Å². The minimum absolute atomic E-state index is 0.0210. The molecule has 0 bridgehead atoms. The van der Waals surface area contributed by atoms with Gasteiger partial charge in [0.15, 0.2) is 0 Å². The number of carboxylic acid groups (broad SMARTS) is 2. The molecule has 28 heavy (non-hydrogen) atoms. The number of carbonyl (C=O) groups is 2. The van der Waals surface area contributed by atoms with Crippen LogP contribution in [0.2, 0.25) is 0 Å². The van der Waals surface area contributed by atoms with Crippen molar-refractivity contribution >= 4 is 11.9 Å². The summed E-state index contributed by atoms with van der Waals surface area (Å²) >= 11 is 0. The molecule has 166 valence electrons. The summed E-state index contributed by atoms with van der Waals surface area (Å²) < 4.78 is 0. The molecule has 0 aliphatic heterocycles. The Kier molecular flexibility index (Phi) is 19.8. The van der Waals surface area contributed by atoms with Gasteiger partial charge in [-0.3, -0.25) is 14.5 Å². The van der Waals surface area contributed by atoms with Crippen LogP contribution < -0.4 is 5.32 Å². The van der Waals surface area contributed by atoms with Crippen LogP contribution in [0.1, 0.15) is 96.8 Å². The number of aliphatic carboxylic acids is 2. The molecule has 0 heterocycles. The molecule has 6 heteroatoms. The van der Waals surface area contributed by atoms with Gasteiger partial charge in [0, 0.05) is 13.1 Å². The van der Waals surface area contributed by atoms with Crippen molar-refractivity contribution < 1.29 is 19.8 Å². The minimum atomic E-state index is -0.892. The largest absolute Gasteiger partial charge is 0.480 e. The first-order valence-electron chi connectivity index (χ1n) is 11.4. The summed E-state index contributed by atoms with van der Waals surface area (Å²) in [5.41, 5.74) is 0. The molecule has 0 saturated heterocycles. The van der Waals surface area contributed by atoms with Crippen LogP contribution in [0, 0.1) is 0 Å². The lowest BCUT2D eigenvalue weighted by Gasteiger charge is -2.20. The van der Waals surface area contributed by atoms with Crippen molar-refractivity contribution in [3.8, 4) is 0 Å². The Morgan fingerprint density at radius 1 is 0.679 bits per heavy atom. The molecule has 0 fully saturated rings. The number of hydrogen-bond acceptors (Lipinski definition) is 4. The zero-order valence-corrected chi connectivity index (χ0v) is 18.1. The highest BCUT2D eigenvalue weighted by Crippen LogP contribution is 2.13. The molecule has 0 amide bonds. The third-order valence-electron chi connectivity index (χ3n) is 5.07. The van der Waals surface area contributed by atoms with Crippen molar-refractivity contribution in [2.45, 2.75) is 96.8 Å². The summed E-state index contributed by atoms with van der Waals surface area (Å²) in [5.74, 6) is -1.72. The average molecular weight is 401 g/mol. The van der Waals surface area contributed by atoms with Gasteiger partial charge < -0.3 is 15.5 Å². The fourth-order valence-corrected chi connectivity index (χ4v) is 3.42. The van der Waals surface area contributed by atoms with Crippen LogP contribution in [0.3, 0.4) is 0 Å². The van der Waals surface area contributed by atoms with Gasteiger partial charge in [-0.15, -0.1) is 0 Å². The second kappa shape index (κ2) is 20.6. The Bertz CT molecular complexity index is 378. The monoisotopic (exact) mass is 400 g/mol. The van der Waals surface area contributed by atoms with E-state index in [2.05, 4.69) is 12.2 Å². The molecule has 0 aliphatic rings. The predicted octanol–water partition coefficient (Wildman–Crippen LogP) is 4.53. The normalized spacial score (nSPS) is 11.2. The number of unbranched alkanes of at least 4 members (excludes halogenated alkanes) is 13. The van der Waals surface area contributed by atoms with E-state index in [4.69, 9.17) is 10.2 Å². The van der Waals surface area contributed by atoms with Gasteiger partial charge in [0.2, 0.25) is 0 Å². The van der Waals surface area contributed by atoms with E-state index < -0.39 is 11.9 Å². The standard InChI is InChI=1S/C22H44N2O4/c1-2-3-4-5-6-7-8-9-10-11-12-13-14-15-17-24(20-22(27)28)18-16-23-19-21(25)26/h23H,2-20H2,1H3,(H,25,26)(H,27,28). The first-order chi connectivity index (χ1) is 13.6. The van der Waals surface area contributed by atoms with Crippen LogP contribution in [0.25, 0.3) is 0 Å².